The summed E-state index contributed by atoms with van der Waals surface area (Å²) in [5.41, 5.74) is 0.450. The molecule has 144 valence electrons. The van der Waals surface area contributed by atoms with E-state index in [2.05, 4.69) is 19.1 Å². The van der Waals surface area contributed by atoms with Gasteiger partial charge in [0.2, 0.25) is 5.82 Å². The molecule has 2 saturated carbocycles. The largest absolute Gasteiger partial charge is 0.505 e. The van der Waals surface area contributed by atoms with Crippen LogP contribution in [0.25, 0.3) is 0 Å². The lowest BCUT2D eigenvalue weighted by Crippen LogP contribution is -2.25. The number of aromatic hydroxyl groups is 1. The summed E-state index contributed by atoms with van der Waals surface area (Å²) in [6.45, 7) is 2.09. The molecular weight excluding hydrogens is 330 g/mol. The van der Waals surface area contributed by atoms with E-state index in [0.717, 1.165) is 43.4 Å². The molecule has 0 bridgehead atoms. The number of rotatable bonds is 5. The van der Waals surface area contributed by atoms with Gasteiger partial charge in [0.1, 0.15) is 0 Å². The summed E-state index contributed by atoms with van der Waals surface area (Å²) in [5.74, 6) is 0.0385. The fourth-order valence-corrected chi connectivity index (χ4v) is 5.22. The first-order valence-corrected chi connectivity index (χ1v) is 10.4. The highest BCUT2D eigenvalue weighted by molar-refractivity contribution is 5.32. The molecule has 0 radical (unpaired) electrons. The maximum absolute atomic E-state index is 14.1. The van der Waals surface area contributed by atoms with Crippen LogP contribution in [0.15, 0.2) is 24.3 Å². The molecule has 0 atom stereocenters. The maximum Gasteiger partial charge on any atom is 0.200 e. The van der Waals surface area contributed by atoms with Crippen LogP contribution in [0.4, 0.5) is 8.78 Å². The molecule has 0 saturated heterocycles. The zero-order chi connectivity index (χ0) is 18.5. The smallest absolute Gasteiger partial charge is 0.200 e. The van der Waals surface area contributed by atoms with Crippen molar-refractivity contribution < 1.29 is 13.9 Å². The second kappa shape index (κ2) is 9.01. The number of halogens is 2. The molecule has 0 spiro atoms. The molecule has 0 aliphatic heterocycles. The van der Waals surface area contributed by atoms with E-state index in [1.54, 1.807) is 6.07 Å². The van der Waals surface area contributed by atoms with E-state index >= 15 is 0 Å². The van der Waals surface area contributed by atoms with E-state index in [9.17, 15) is 13.9 Å². The Morgan fingerprint density at radius 1 is 0.923 bits per heavy atom. The first-order chi connectivity index (χ1) is 12.6. The monoisotopic (exact) mass is 362 g/mol. The van der Waals surface area contributed by atoms with Gasteiger partial charge in [0, 0.05) is 0 Å². The van der Waals surface area contributed by atoms with Crippen molar-refractivity contribution in [2.24, 2.45) is 17.8 Å². The first-order valence-electron chi connectivity index (χ1n) is 10.4. The molecule has 2 aliphatic rings. The highest BCUT2D eigenvalue weighted by Crippen LogP contribution is 2.45. The molecule has 0 unspecified atom stereocenters. The van der Waals surface area contributed by atoms with Gasteiger partial charge in [-0.3, -0.25) is 0 Å². The Balaban J connectivity index is 1.48. The van der Waals surface area contributed by atoms with Crippen molar-refractivity contribution in [1.29, 1.82) is 0 Å². The summed E-state index contributed by atoms with van der Waals surface area (Å²) in [7, 11) is 0. The van der Waals surface area contributed by atoms with Crippen LogP contribution in [-0.4, -0.2) is 5.11 Å². The molecule has 0 heterocycles. The quantitative estimate of drug-likeness (QED) is 0.553. The maximum atomic E-state index is 14.1. The van der Waals surface area contributed by atoms with E-state index in [0.29, 0.717) is 5.56 Å². The van der Waals surface area contributed by atoms with E-state index in [1.807, 2.05) is 0 Å². The molecule has 26 heavy (non-hydrogen) atoms. The van der Waals surface area contributed by atoms with Gasteiger partial charge in [0.15, 0.2) is 11.6 Å². The minimum absolute atomic E-state index is 0.0959. The van der Waals surface area contributed by atoms with Crippen LogP contribution in [0, 0.1) is 29.4 Å². The van der Waals surface area contributed by atoms with Crippen molar-refractivity contribution in [3.63, 3.8) is 0 Å². The second-order valence-corrected chi connectivity index (χ2v) is 8.34. The average Bonchev–Trinajstić information content (AvgIpc) is 2.67. The standard InChI is InChI=1S/C23H32F2O/c1-2-3-4-5-16-6-8-17(9-7-16)18-10-12-19(13-11-18)20-14-15-21(26)23(25)22(20)24/h2-3,14-19,26H,4-13H2,1H3/b3-2+. The lowest BCUT2D eigenvalue weighted by Gasteiger charge is -2.38. The van der Waals surface area contributed by atoms with E-state index in [4.69, 9.17) is 0 Å². The molecule has 3 heteroatoms. The molecule has 1 nitrogen and oxygen atoms in total. The van der Waals surface area contributed by atoms with Gasteiger partial charge in [0.05, 0.1) is 0 Å². The first kappa shape index (κ1) is 19.4. The predicted octanol–water partition coefficient (Wildman–Crippen LogP) is 7.11. The number of allylic oxidation sites excluding steroid dienone is 2. The summed E-state index contributed by atoms with van der Waals surface area (Å²) >= 11 is 0. The third-order valence-electron chi connectivity index (χ3n) is 6.84. The Labute approximate surface area is 156 Å². The zero-order valence-corrected chi connectivity index (χ0v) is 15.9. The van der Waals surface area contributed by atoms with Crippen LogP contribution in [0.3, 0.4) is 0 Å². The molecular formula is C23H32F2O. The number of hydrogen-bond donors (Lipinski definition) is 1. The predicted molar refractivity (Wildman–Crippen MR) is 102 cm³/mol. The fourth-order valence-electron chi connectivity index (χ4n) is 5.22. The van der Waals surface area contributed by atoms with Crippen molar-refractivity contribution in [2.45, 2.75) is 77.0 Å². The summed E-state index contributed by atoms with van der Waals surface area (Å²) in [6.07, 6.45) is 16.5. The topological polar surface area (TPSA) is 20.2 Å². The van der Waals surface area contributed by atoms with Gasteiger partial charge in [-0.15, -0.1) is 0 Å². The lowest BCUT2D eigenvalue weighted by molar-refractivity contribution is 0.156. The molecule has 0 amide bonds. The van der Waals surface area contributed by atoms with Crippen LogP contribution >= 0.6 is 0 Å². The Bertz CT molecular complexity index is 609. The van der Waals surface area contributed by atoms with Crippen molar-refractivity contribution >= 4 is 0 Å². The Morgan fingerprint density at radius 2 is 1.54 bits per heavy atom. The highest BCUT2D eigenvalue weighted by Gasteiger charge is 2.32. The third kappa shape index (κ3) is 4.47. The van der Waals surface area contributed by atoms with E-state index in [1.165, 1.54) is 44.6 Å². The number of hydrogen-bond acceptors (Lipinski definition) is 1. The summed E-state index contributed by atoms with van der Waals surface area (Å²) in [6, 6.07) is 2.85. The van der Waals surface area contributed by atoms with Gasteiger partial charge in [-0.1, -0.05) is 31.1 Å². The van der Waals surface area contributed by atoms with Gasteiger partial charge in [0.25, 0.3) is 0 Å². The number of benzene rings is 1. The van der Waals surface area contributed by atoms with Crippen LogP contribution < -0.4 is 0 Å². The van der Waals surface area contributed by atoms with Crippen molar-refractivity contribution in [2.75, 3.05) is 0 Å². The second-order valence-electron chi connectivity index (χ2n) is 8.34. The summed E-state index contributed by atoms with van der Waals surface area (Å²) < 4.78 is 27.8. The lowest BCUT2D eigenvalue weighted by atomic mass is 9.68. The van der Waals surface area contributed by atoms with Gasteiger partial charge in [-0.05, 0) is 93.6 Å². The molecule has 1 aromatic rings. The van der Waals surface area contributed by atoms with Crippen LogP contribution in [0.5, 0.6) is 5.75 Å². The van der Waals surface area contributed by atoms with Crippen LogP contribution in [-0.2, 0) is 0 Å². The van der Waals surface area contributed by atoms with Gasteiger partial charge in [-0.25, -0.2) is 4.39 Å². The SMILES string of the molecule is C/C=C/CCC1CCC(C2CCC(c3ccc(O)c(F)c3F)CC2)CC1. The molecule has 1 N–H and O–H groups in total. The molecule has 2 fully saturated rings. The summed E-state index contributed by atoms with van der Waals surface area (Å²) in [5, 5.41) is 9.31. The van der Waals surface area contributed by atoms with Crippen LogP contribution in [0.1, 0.15) is 82.6 Å². The van der Waals surface area contributed by atoms with E-state index < -0.39 is 17.4 Å². The number of phenolic OH excluding ortho intramolecular Hbond substituents is 1. The van der Waals surface area contributed by atoms with Crippen LogP contribution in [0.2, 0.25) is 0 Å². The Hall–Kier alpha value is -1.38. The average molecular weight is 363 g/mol. The van der Waals surface area contributed by atoms with Crippen molar-refractivity contribution in [3.8, 4) is 5.75 Å². The Morgan fingerprint density at radius 3 is 2.15 bits per heavy atom. The molecule has 2 aliphatic carbocycles. The summed E-state index contributed by atoms with van der Waals surface area (Å²) in [4.78, 5) is 0. The van der Waals surface area contributed by atoms with Gasteiger partial charge in [-0.2, -0.15) is 4.39 Å². The zero-order valence-electron chi connectivity index (χ0n) is 15.9. The van der Waals surface area contributed by atoms with Gasteiger partial charge < -0.3 is 5.11 Å². The highest BCUT2D eigenvalue weighted by atomic mass is 19.2. The minimum atomic E-state index is -1.10. The normalized spacial score (nSPS) is 30.0. The van der Waals surface area contributed by atoms with Crippen molar-refractivity contribution in [3.05, 3.63) is 41.5 Å². The fraction of sp³-hybridized carbons (Fsp3) is 0.652. The number of phenols is 1. The Kier molecular flexibility index (Phi) is 6.72. The van der Waals surface area contributed by atoms with E-state index in [-0.39, 0.29) is 5.92 Å². The van der Waals surface area contributed by atoms with Gasteiger partial charge >= 0.3 is 0 Å². The minimum Gasteiger partial charge on any atom is -0.505 e. The molecule has 3 rings (SSSR count). The molecule has 1 aromatic carbocycles. The van der Waals surface area contributed by atoms with Crippen molar-refractivity contribution in [1.82, 2.24) is 0 Å². The third-order valence-corrected chi connectivity index (χ3v) is 6.84. The molecule has 0 aromatic heterocycles.